The number of methoxy groups -OCH3 is 1. The SMILES string of the molecule is COc1cccc(CNc2cccc(NC(C)=O)c2)c1O. The Morgan fingerprint density at radius 1 is 1.19 bits per heavy atom. The third-order valence-corrected chi connectivity index (χ3v) is 2.97. The first-order valence-electron chi connectivity index (χ1n) is 6.56. The number of carbonyl (C=O) groups excluding carboxylic acids is 1. The van der Waals surface area contributed by atoms with Crippen molar-refractivity contribution in [3.05, 3.63) is 48.0 Å². The van der Waals surface area contributed by atoms with Crippen molar-refractivity contribution in [2.24, 2.45) is 0 Å². The van der Waals surface area contributed by atoms with Gasteiger partial charge in [-0.25, -0.2) is 0 Å². The van der Waals surface area contributed by atoms with E-state index < -0.39 is 0 Å². The molecule has 3 N–H and O–H groups in total. The van der Waals surface area contributed by atoms with E-state index in [0.29, 0.717) is 12.3 Å². The van der Waals surface area contributed by atoms with E-state index in [1.165, 1.54) is 14.0 Å². The molecule has 0 bridgehead atoms. The number of phenols is 1. The molecule has 0 unspecified atom stereocenters. The molecule has 0 aliphatic rings. The van der Waals surface area contributed by atoms with Crippen LogP contribution in [-0.2, 0) is 11.3 Å². The van der Waals surface area contributed by atoms with Gasteiger partial charge in [-0.15, -0.1) is 0 Å². The number of phenolic OH excluding ortho intramolecular Hbond substituents is 1. The predicted octanol–water partition coefficient (Wildman–Crippen LogP) is 2.97. The molecule has 0 aliphatic heterocycles. The van der Waals surface area contributed by atoms with Crippen LogP contribution in [0.2, 0.25) is 0 Å². The fraction of sp³-hybridized carbons (Fsp3) is 0.188. The first-order chi connectivity index (χ1) is 10.1. The first-order valence-corrected chi connectivity index (χ1v) is 6.56. The summed E-state index contributed by atoms with van der Waals surface area (Å²) in [5.74, 6) is 0.462. The molecular weight excluding hydrogens is 268 g/mol. The number of para-hydroxylation sites is 1. The number of nitrogens with one attached hydrogen (secondary N) is 2. The Kier molecular flexibility index (Phi) is 4.66. The topological polar surface area (TPSA) is 70.6 Å². The van der Waals surface area contributed by atoms with Crippen molar-refractivity contribution in [3.8, 4) is 11.5 Å². The first kappa shape index (κ1) is 14.7. The monoisotopic (exact) mass is 286 g/mol. The van der Waals surface area contributed by atoms with E-state index in [0.717, 1.165) is 16.9 Å². The summed E-state index contributed by atoms with van der Waals surface area (Å²) in [4.78, 5) is 11.0. The molecule has 0 atom stereocenters. The van der Waals surface area contributed by atoms with Gasteiger partial charge in [0.2, 0.25) is 5.91 Å². The predicted molar refractivity (Wildman–Crippen MR) is 82.7 cm³/mol. The molecule has 0 fully saturated rings. The minimum atomic E-state index is -0.113. The zero-order valence-electron chi connectivity index (χ0n) is 12.0. The maximum absolute atomic E-state index is 11.0. The van der Waals surface area contributed by atoms with Gasteiger partial charge in [-0.2, -0.15) is 0 Å². The van der Waals surface area contributed by atoms with Gasteiger partial charge in [-0.05, 0) is 24.3 Å². The van der Waals surface area contributed by atoms with Crippen molar-refractivity contribution in [2.45, 2.75) is 13.5 Å². The summed E-state index contributed by atoms with van der Waals surface area (Å²) in [6.07, 6.45) is 0. The maximum Gasteiger partial charge on any atom is 0.221 e. The van der Waals surface area contributed by atoms with Crippen molar-refractivity contribution in [2.75, 3.05) is 17.7 Å². The fourth-order valence-electron chi connectivity index (χ4n) is 1.98. The number of carbonyl (C=O) groups is 1. The summed E-state index contributed by atoms with van der Waals surface area (Å²) in [5, 5.41) is 15.9. The number of ether oxygens (including phenoxy) is 1. The molecule has 2 aromatic carbocycles. The van der Waals surface area contributed by atoms with Crippen LogP contribution in [-0.4, -0.2) is 18.1 Å². The van der Waals surface area contributed by atoms with Crippen LogP contribution < -0.4 is 15.4 Å². The number of amides is 1. The van der Waals surface area contributed by atoms with Crippen LogP contribution >= 0.6 is 0 Å². The summed E-state index contributed by atoms with van der Waals surface area (Å²) in [6.45, 7) is 1.92. The van der Waals surface area contributed by atoms with Crippen molar-refractivity contribution in [1.29, 1.82) is 0 Å². The van der Waals surface area contributed by atoms with Gasteiger partial charge >= 0.3 is 0 Å². The number of anilines is 2. The van der Waals surface area contributed by atoms with Crippen LogP contribution in [0.15, 0.2) is 42.5 Å². The second-order valence-electron chi connectivity index (χ2n) is 4.58. The van der Waals surface area contributed by atoms with Crippen LogP contribution in [0.3, 0.4) is 0 Å². The summed E-state index contributed by atoms with van der Waals surface area (Å²) in [5.41, 5.74) is 2.31. The Morgan fingerprint density at radius 2 is 1.90 bits per heavy atom. The fourth-order valence-corrected chi connectivity index (χ4v) is 1.98. The third-order valence-electron chi connectivity index (χ3n) is 2.97. The lowest BCUT2D eigenvalue weighted by Gasteiger charge is -2.11. The number of hydrogen-bond donors (Lipinski definition) is 3. The third kappa shape index (κ3) is 3.89. The van der Waals surface area contributed by atoms with Crippen LogP contribution in [0.5, 0.6) is 11.5 Å². The summed E-state index contributed by atoms with van der Waals surface area (Å²) < 4.78 is 5.08. The lowest BCUT2D eigenvalue weighted by Crippen LogP contribution is -2.06. The van der Waals surface area contributed by atoms with Crippen molar-refractivity contribution in [1.82, 2.24) is 0 Å². The van der Waals surface area contributed by atoms with Crippen LogP contribution in [0.25, 0.3) is 0 Å². The van der Waals surface area contributed by atoms with Crippen LogP contribution in [0, 0.1) is 0 Å². The van der Waals surface area contributed by atoms with Gasteiger partial charge in [0, 0.05) is 30.4 Å². The average Bonchev–Trinajstić information content (AvgIpc) is 2.46. The van der Waals surface area contributed by atoms with Gasteiger partial charge in [-0.1, -0.05) is 18.2 Å². The van der Waals surface area contributed by atoms with E-state index in [-0.39, 0.29) is 11.7 Å². The van der Waals surface area contributed by atoms with Gasteiger partial charge in [0.05, 0.1) is 7.11 Å². The largest absolute Gasteiger partial charge is 0.504 e. The molecule has 0 aromatic heterocycles. The molecule has 1 amide bonds. The Balaban J connectivity index is 2.08. The highest BCUT2D eigenvalue weighted by atomic mass is 16.5. The van der Waals surface area contributed by atoms with E-state index in [4.69, 9.17) is 4.74 Å². The zero-order valence-corrected chi connectivity index (χ0v) is 12.0. The van der Waals surface area contributed by atoms with E-state index in [2.05, 4.69) is 10.6 Å². The smallest absolute Gasteiger partial charge is 0.221 e. The van der Waals surface area contributed by atoms with Gasteiger partial charge in [0.15, 0.2) is 11.5 Å². The molecule has 2 aromatic rings. The van der Waals surface area contributed by atoms with E-state index >= 15 is 0 Å². The highest BCUT2D eigenvalue weighted by molar-refractivity contribution is 5.89. The van der Waals surface area contributed by atoms with Crippen molar-refractivity contribution in [3.63, 3.8) is 0 Å². The standard InChI is InChI=1S/C16H18N2O3/c1-11(19)18-14-7-4-6-13(9-14)17-10-12-5-3-8-15(21-2)16(12)20/h3-9,17,20H,10H2,1-2H3,(H,18,19). The van der Waals surface area contributed by atoms with Gasteiger partial charge in [0.1, 0.15) is 0 Å². The van der Waals surface area contributed by atoms with Crippen LogP contribution in [0.4, 0.5) is 11.4 Å². The molecule has 21 heavy (non-hydrogen) atoms. The zero-order chi connectivity index (χ0) is 15.2. The van der Waals surface area contributed by atoms with E-state index in [1.807, 2.05) is 36.4 Å². The molecule has 0 aliphatic carbocycles. The van der Waals surface area contributed by atoms with Gasteiger partial charge in [-0.3, -0.25) is 4.79 Å². The quantitative estimate of drug-likeness (QED) is 0.790. The van der Waals surface area contributed by atoms with E-state index in [9.17, 15) is 9.90 Å². The van der Waals surface area contributed by atoms with Gasteiger partial charge < -0.3 is 20.5 Å². The molecule has 5 heteroatoms. The summed E-state index contributed by atoms with van der Waals surface area (Å²) in [7, 11) is 1.52. The Bertz CT molecular complexity index is 641. The Labute approximate surface area is 123 Å². The number of aromatic hydroxyl groups is 1. The number of rotatable bonds is 5. The lowest BCUT2D eigenvalue weighted by molar-refractivity contribution is -0.114. The van der Waals surface area contributed by atoms with Crippen molar-refractivity contribution >= 4 is 17.3 Å². The van der Waals surface area contributed by atoms with E-state index in [1.54, 1.807) is 6.07 Å². The van der Waals surface area contributed by atoms with Crippen molar-refractivity contribution < 1.29 is 14.6 Å². The normalized spacial score (nSPS) is 10.0. The molecular formula is C16H18N2O3. The molecule has 0 saturated heterocycles. The molecule has 2 rings (SSSR count). The lowest BCUT2D eigenvalue weighted by atomic mass is 10.1. The van der Waals surface area contributed by atoms with Crippen LogP contribution in [0.1, 0.15) is 12.5 Å². The Hall–Kier alpha value is -2.69. The minimum Gasteiger partial charge on any atom is -0.504 e. The Morgan fingerprint density at radius 3 is 2.62 bits per heavy atom. The van der Waals surface area contributed by atoms with Gasteiger partial charge in [0.25, 0.3) is 0 Å². The highest BCUT2D eigenvalue weighted by Crippen LogP contribution is 2.29. The molecule has 0 spiro atoms. The number of benzene rings is 2. The highest BCUT2D eigenvalue weighted by Gasteiger charge is 2.07. The summed E-state index contributed by atoms with van der Waals surface area (Å²) in [6, 6.07) is 12.7. The molecule has 5 nitrogen and oxygen atoms in total. The summed E-state index contributed by atoms with van der Waals surface area (Å²) >= 11 is 0. The molecule has 0 radical (unpaired) electrons. The molecule has 0 saturated carbocycles. The second kappa shape index (κ2) is 6.65. The average molecular weight is 286 g/mol. The maximum atomic E-state index is 11.0. The molecule has 110 valence electrons. The molecule has 0 heterocycles. The second-order valence-corrected chi connectivity index (χ2v) is 4.58. The number of hydrogen-bond acceptors (Lipinski definition) is 4. The minimum absolute atomic E-state index is 0.113.